The van der Waals surface area contributed by atoms with Crippen LogP contribution in [0.1, 0.15) is 17.4 Å². The Bertz CT molecular complexity index is 893. The number of H-pyrrole nitrogens is 1. The summed E-state index contributed by atoms with van der Waals surface area (Å²) in [6, 6.07) is 9.72. The van der Waals surface area contributed by atoms with Crippen molar-refractivity contribution in [2.24, 2.45) is 0 Å². The zero-order chi connectivity index (χ0) is 18.3. The second-order valence-corrected chi connectivity index (χ2v) is 6.59. The van der Waals surface area contributed by atoms with Crippen molar-refractivity contribution in [3.8, 4) is 0 Å². The summed E-state index contributed by atoms with van der Waals surface area (Å²) in [5.74, 6) is 0. The molecule has 0 aliphatic carbocycles. The normalized spacial score (nSPS) is 30.5. The van der Waals surface area contributed by atoms with Gasteiger partial charge in [0.15, 0.2) is 6.23 Å². The van der Waals surface area contributed by atoms with Crippen molar-refractivity contribution in [2.75, 3.05) is 6.61 Å². The van der Waals surface area contributed by atoms with Gasteiger partial charge in [0.05, 0.1) is 13.2 Å². The highest BCUT2D eigenvalue weighted by molar-refractivity contribution is 5.13. The van der Waals surface area contributed by atoms with Crippen molar-refractivity contribution in [3.05, 3.63) is 68.5 Å². The second-order valence-electron chi connectivity index (χ2n) is 6.59. The molecule has 5 atom stereocenters. The number of aromatic amines is 1. The number of benzene rings is 1. The summed E-state index contributed by atoms with van der Waals surface area (Å²) in [4.78, 5) is 25.8. The van der Waals surface area contributed by atoms with E-state index in [0.717, 1.165) is 5.56 Å². The molecule has 2 aromatic rings. The molecule has 8 nitrogen and oxygen atoms in total. The summed E-state index contributed by atoms with van der Waals surface area (Å²) in [5.41, 5.74) is 0.291. The molecule has 8 heteroatoms. The highest BCUT2D eigenvalue weighted by Gasteiger charge is 2.53. The van der Waals surface area contributed by atoms with E-state index in [1.807, 2.05) is 30.3 Å². The third-order valence-corrected chi connectivity index (χ3v) is 4.80. The van der Waals surface area contributed by atoms with Gasteiger partial charge in [-0.05, 0) is 12.5 Å². The Morgan fingerprint density at radius 1 is 1.27 bits per heavy atom. The van der Waals surface area contributed by atoms with E-state index in [-0.39, 0.29) is 6.10 Å². The van der Waals surface area contributed by atoms with Gasteiger partial charge in [-0.2, -0.15) is 0 Å². The average molecular weight is 360 g/mol. The monoisotopic (exact) mass is 360 g/mol. The largest absolute Gasteiger partial charge is 0.386 e. The first-order chi connectivity index (χ1) is 12.5. The summed E-state index contributed by atoms with van der Waals surface area (Å²) >= 11 is 0. The number of ether oxygens (including phenoxy) is 3. The van der Waals surface area contributed by atoms with Crippen molar-refractivity contribution in [3.63, 3.8) is 0 Å². The molecule has 1 aromatic heterocycles. The smallest absolute Gasteiger partial charge is 0.330 e. The molecule has 2 N–H and O–H groups in total. The lowest BCUT2D eigenvalue weighted by atomic mass is 10.1. The first-order valence-electron chi connectivity index (χ1n) is 8.47. The van der Waals surface area contributed by atoms with Gasteiger partial charge >= 0.3 is 5.69 Å². The third kappa shape index (κ3) is 3.01. The number of hydrogen-bond donors (Lipinski definition) is 2. The van der Waals surface area contributed by atoms with Gasteiger partial charge in [-0.3, -0.25) is 14.3 Å². The van der Waals surface area contributed by atoms with Gasteiger partial charge in [-0.25, -0.2) is 4.79 Å². The molecule has 0 radical (unpaired) electrons. The Balaban J connectivity index is 1.50. The number of aliphatic hydroxyl groups excluding tert-OH is 1. The number of fused-ring (bicyclic) bond motifs is 1. The fourth-order valence-electron chi connectivity index (χ4n) is 3.39. The van der Waals surface area contributed by atoms with Crippen molar-refractivity contribution >= 4 is 0 Å². The molecule has 3 heterocycles. The lowest BCUT2D eigenvalue weighted by Crippen LogP contribution is -2.38. The molecule has 1 aromatic carbocycles. The van der Waals surface area contributed by atoms with E-state index >= 15 is 0 Å². The van der Waals surface area contributed by atoms with Gasteiger partial charge in [0.25, 0.3) is 5.56 Å². The van der Waals surface area contributed by atoms with Crippen molar-refractivity contribution in [2.45, 2.75) is 44.2 Å². The topological polar surface area (TPSA) is 103 Å². The first-order valence-corrected chi connectivity index (χ1v) is 8.47. The second kappa shape index (κ2) is 6.81. The number of nitrogens with zero attached hydrogens (tertiary/aromatic N) is 1. The number of aromatic nitrogens is 2. The average Bonchev–Trinajstić information content (AvgIpc) is 3.18. The van der Waals surface area contributed by atoms with Crippen LogP contribution in [0.4, 0.5) is 0 Å². The predicted molar refractivity (Wildman–Crippen MR) is 90.7 cm³/mol. The van der Waals surface area contributed by atoms with Crippen LogP contribution in [0.5, 0.6) is 0 Å². The Morgan fingerprint density at radius 2 is 2.04 bits per heavy atom. The van der Waals surface area contributed by atoms with E-state index in [0.29, 0.717) is 18.8 Å². The number of hydrogen-bond acceptors (Lipinski definition) is 6. The molecule has 0 spiro atoms. The van der Waals surface area contributed by atoms with Crippen molar-refractivity contribution in [1.29, 1.82) is 0 Å². The van der Waals surface area contributed by atoms with Crippen LogP contribution in [0.2, 0.25) is 0 Å². The van der Waals surface area contributed by atoms with Gasteiger partial charge in [0.1, 0.15) is 24.4 Å². The Labute approximate surface area is 149 Å². The van der Waals surface area contributed by atoms with E-state index in [1.54, 1.807) is 6.92 Å². The minimum atomic E-state index is -1.03. The van der Waals surface area contributed by atoms with E-state index in [1.165, 1.54) is 10.8 Å². The number of nitrogens with one attached hydrogen (secondary N) is 1. The van der Waals surface area contributed by atoms with Gasteiger partial charge in [-0.15, -0.1) is 0 Å². The van der Waals surface area contributed by atoms with Crippen LogP contribution in [-0.2, 0) is 20.8 Å². The van der Waals surface area contributed by atoms with Crippen LogP contribution in [0.15, 0.2) is 46.1 Å². The maximum Gasteiger partial charge on any atom is 0.330 e. The quantitative estimate of drug-likeness (QED) is 0.801. The molecule has 2 aliphatic heterocycles. The van der Waals surface area contributed by atoms with Gasteiger partial charge in [-0.1, -0.05) is 30.3 Å². The number of aliphatic hydroxyl groups is 1. The Hall–Kier alpha value is -2.26. The zero-order valence-electron chi connectivity index (χ0n) is 14.2. The highest BCUT2D eigenvalue weighted by Crippen LogP contribution is 2.37. The van der Waals surface area contributed by atoms with Crippen LogP contribution >= 0.6 is 0 Å². The summed E-state index contributed by atoms with van der Waals surface area (Å²) < 4.78 is 18.6. The third-order valence-electron chi connectivity index (χ3n) is 4.80. The molecule has 2 saturated heterocycles. The van der Waals surface area contributed by atoms with E-state index in [9.17, 15) is 14.7 Å². The van der Waals surface area contributed by atoms with Crippen LogP contribution in [0, 0.1) is 6.92 Å². The first kappa shape index (κ1) is 17.2. The lowest BCUT2D eigenvalue weighted by Gasteiger charge is -2.21. The molecule has 0 amide bonds. The van der Waals surface area contributed by atoms with Gasteiger partial charge < -0.3 is 19.3 Å². The molecule has 0 saturated carbocycles. The summed E-state index contributed by atoms with van der Waals surface area (Å²) in [6.07, 6.45) is -2.00. The van der Waals surface area contributed by atoms with Crippen LogP contribution in [-0.4, -0.2) is 45.7 Å². The molecular weight excluding hydrogens is 340 g/mol. The highest BCUT2D eigenvalue weighted by atomic mass is 16.6. The van der Waals surface area contributed by atoms with Crippen LogP contribution < -0.4 is 11.2 Å². The fraction of sp³-hybridized carbons (Fsp3) is 0.444. The summed E-state index contributed by atoms with van der Waals surface area (Å²) in [5, 5.41) is 10.5. The summed E-state index contributed by atoms with van der Waals surface area (Å²) in [7, 11) is 0. The zero-order valence-corrected chi connectivity index (χ0v) is 14.2. The minimum absolute atomic E-state index is 0.311. The maximum atomic E-state index is 12.1. The molecule has 0 bridgehead atoms. The minimum Gasteiger partial charge on any atom is -0.386 e. The van der Waals surface area contributed by atoms with Crippen LogP contribution in [0.25, 0.3) is 0 Å². The molecule has 2 aliphatic rings. The Morgan fingerprint density at radius 3 is 2.81 bits per heavy atom. The fourth-order valence-corrected chi connectivity index (χ4v) is 3.39. The van der Waals surface area contributed by atoms with E-state index in [2.05, 4.69) is 4.98 Å². The molecular formula is C18H20N2O6. The predicted octanol–water partition coefficient (Wildman–Crippen LogP) is 0.0875. The maximum absolute atomic E-state index is 12.1. The molecule has 2 fully saturated rings. The SMILES string of the molecule is Cc1cn([C@@H]2O[C@H]3[C@H](OC[C@H]3OCc3ccccc3)[C@H]2O)c(=O)[nH]c1=O. The van der Waals surface area contributed by atoms with E-state index in [4.69, 9.17) is 14.2 Å². The van der Waals surface area contributed by atoms with Crippen molar-refractivity contribution in [1.82, 2.24) is 9.55 Å². The van der Waals surface area contributed by atoms with Gasteiger partial charge in [0, 0.05) is 11.8 Å². The molecule has 4 rings (SSSR count). The van der Waals surface area contributed by atoms with Crippen molar-refractivity contribution < 1.29 is 19.3 Å². The Kier molecular flexibility index (Phi) is 4.49. The molecule has 26 heavy (non-hydrogen) atoms. The molecule has 0 unspecified atom stereocenters. The number of aryl methyl sites for hydroxylation is 1. The summed E-state index contributed by atoms with van der Waals surface area (Å²) in [6.45, 7) is 2.30. The van der Waals surface area contributed by atoms with E-state index < -0.39 is 35.8 Å². The standard InChI is InChI=1S/C18H20N2O6/c1-10-7-20(18(23)19-16(10)22)17-13(21)15-14(26-17)12(9-25-15)24-8-11-5-3-2-4-6-11/h2-7,12-15,17,21H,8-9H2,1H3,(H,19,22,23)/t12-,13-,14-,15-,17-/m1/s1. The number of rotatable bonds is 4. The van der Waals surface area contributed by atoms with Gasteiger partial charge in [0.2, 0.25) is 0 Å². The molecule has 138 valence electrons. The van der Waals surface area contributed by atoms with Crippen LogP contribution in [0.3, 0.4) is 0 Å². The lowest BCUT2D eigenvalue weighted by molar-refractivity contribution is -0.101.